The van der Waals surface area contributed by atoms with Crippen LogP contribution in [0.2, 0.25) is 0 Å². The summed E-state index contributed by atoms with van der Waals surface area (Å²) in [5.41, 5.74) is 7.51. The fourth-order valence-electron chi connectivity index (χ4n) is 5.17. The van der Waals surface area contributed by atoms with E-state index in [9.17, 15) is 19.8 Å². The quantitative estimate of drug-likeness (QED) is 0.105. The maximum Gasteiger partial charge on any atom is 0.333 e. The van der Waals surface area contributed by atoms with Gasteiger partial charge in [0.15, 0.2) is 12.2 Å². The molecule has 2 unspecified atom stereocenters. The number of hydrogen-bond donors (Lipinski definition) is 2. The SMILES string of the molecule is CCOC(Cc1ccc(OCC=C(C)C#Cc2ccc(-c3ccc(C#CC(C)=CCOc4ccc(CC(OCC)C(=O)O)cc4)cc3)cc2)cc1)C(=O)O. The largest absolute Gasteiger partial charge is 0.490 e. The van der Waals surface area contributed by atoms with Gasteiger partial charge in [0.1, 0.15) is 24.7 Å². The molecule has 0 aliphatic heterocycles. The topological polar surface area (TPSA) is 112 Å². The fraction of sp³-hybridized carbons (Fsp3) is 0.261. The zero-order valence-electron chi connectivity index (χ0n) is 31.1. The highest BCUT2D eigenvalue weighted by atomic mass is 16.5. The van der Waals surface area contributed by atoms with Crippen LogP contribution in [0, 0.1) is 23.7 Å². The molecule has 0 aromatic heterocycles. The molecule has 0 bridgehead atoms. The molecule has 0 fully saturated rings. The molecule has 278 valence electrons. The average Bonchev–Trinajstić information content (AvgIpc) is 3.17. The van der Waals surface area contributed by atoms with E-state index in [1.54, 1.807) is 13.8 Å². The number of carboxylic acid groups (broad SMARTS) is 2. The van der Waals surface area contributed by atoms with E-state index >= 15 is 0 Å². The van der Waals surface area contributed by atoms with Crippen molar-refractivity contribution in [3.63, 3.8) is 0 Å². The lowest BCUT2D eigenvalue weighted by Gasteiger charge is -2.12. The second-order valence-electron chi connectivity index (χ2n) is 12.3. The summed E-state index contributed by atoms with van der Waals surface area (Å²) in [4.78, 5) is 22.7. The molecule has 0 spiro atoms. The number of allylic oxidation sites excluding steroid dienone is 2. The molecular formula is C46H46O8. The summed E-state index contributed by atoms with van der Waals surface area (Å²) in [7, 11) is 0. The highest BCUT2D eigenvalue weighted by molar-refractivity contribution is 5.73. The third-order valence-electron chi connectivity index (χ3n) is 8.17. The highest BCUT2D eigenvalue weighted by Crippen LogP contribution is 2.21. The van der Waals surface area contributed by atoms with Crippen molar-refractivity contribution in [2.24, 2.45) is 0 Å². The van der Waals surface area contributed by atoms with E-state index in [4.69, 9.17) is 18.9 Å². The molecule has 4 aromatic rings. The molecule has 2 atom stereocenters. The number of hydrogen-bond acceptors (Lipinski definition) is 6. The molecule has 8 heteroatoms. The standard InChI is InChI=1S/C46H46O8/c1-5-51-43(45(47)48)31-37-15-23-41(24-16-37)53-29-27-33(3)7-9-35-11-19-39(20-12-35)40-21-13-36(14-22-40)10-8-34(4)28-30-54-42-25-17-38(18-26-42)32-44(46(49)50)52-6-2/h11-28,43-44H,5-6,29-32H2,1-4H3,(H,47,48)(H,49,50). The Morgan fingerprint density at radius 2 is 0.926 bits per heavy atom. The Bertz CT molecular complexity index is 1850. The van der Waals surface area contributed by atoms with Crippen molar-refractivity contribution in [1.82, 2.24) is 0 Å². The number of carboxylic acids is 2. The Kier molecular flexibility index (Phi) is 16.2. The molecule has 54 heavy (non-hydrogen) atoms. The third-order valence-corrected chi connectivity index (χ3v) is 8.17. The summed E-state index contributed by atoms with van der Waals surface area (Å²) in [6.45, 7) is 8.87. The fourth-order valence-corrected chi connectivity index (χ4v) is 5.17. The minimum Gasteiger partial charge on any atom is -0.490 e. The van der Waals surface area contributed by atoms with Crippen LogP contribution >= 0.6 is 0 Å². The van der Waals surface area contributed by atoms with Crippen LogP contribution < -0.4 is 9.47 Å². The van der Waals surface area contributed by atoms with E-state index in [0.717, 1.165) is 44.5 Å². The summed E-state index contributed by atoms with van der Waals surface area (Å²) in [6, 6.07) is 30.9. The van der Waals surface area contributed by atoms with Crippen LogP contribution in [-0.2, 0) is 31.9 Å². The van der Waals surface area contributed by atoms with Gasteiger partial charge >= 0.3 is 11.9 Å². The van der Waals surface area contributed by atoms with E-state index in [-0.39, 0.29) is 0 Å². The van der Waals surface area contributed by atoms with Gasteiger partial charge in [0.25, 0.3) is 0 Å². The van der Waals surface area contributed by atoms with Crippen molar-refractivity contribution in [1.29, 1.82) is 0 Å². The molecular weight excluding hydrogens is 680 g/mol. The lowest BCUT2D eigenvalue weighted by molar-refractivity contribution is -0.150. The summed E-state index contributed by atoms with van der Waals surface area (Å²) >= 11 is 0. The highest BCUT2D eigenvalue weighted by Gasteiger charge is 2.18. The Morgan fingerprint density at radius 3 is 1.24 bits per heavy atom. The van der Waals surface area contributed by atoms with Gasteiger partial charge in [0.2, 0.25) is 0 Å². The second kappa shape index (κ2) is 21.5. The van der Waals surface area contributed by atoms with Gasteiger partial charge in [0, 0.05) is 37.2 Å². The van der Waals surface area contributed by atoms with Gasteiger partial charge < -0.3 is 29.2 Å². The first-order valence-electron chi connectivity index (χ1n) is 17.8. The number of benzene rings is 4. The maximum atomic E-state index is 11.3. The average molecular weight is 727 g/mol. The molecule has 0 heterocycles. The predicted molar refractivity (Wildman–Crippen MR) is 211 cm³/mol. The van der Waals surface area contributed by atoms with Gasteiger partial charge in [-0.2, -0.15) is 0 Å². The first-order valence-corrected chi connectivity index (χ1v) is 17.8. The predicted octanol–water partition coefficient (Wildman–Crippen LogP) is 8.17. The normalized spacial score (nSPS) is 12.4. The summed E-state index contributed by atoms with van der Waals surface area (Å²) in [5.74, 6) is 12.2. The Morgan fingerprint density at radius 1 is 0.574 bits per heavy atom. The van der Waals surface area contributed by atoms with Crippen LogP contribution in [0.25, 0.3) is 11.1 Å². The molecule has 0 radical (unpaired) electrons. The van der Waals surface area contributed by atoms with Crippen LogP contribution in [0.1, 0.15) is 49.9 Å². The minimum atomic E-state index is -0.969. The zero-order chi connectivity index (χ0) is 38.7. The first-order chi connectivity index (χ1) is 26.1. The summed E-state index contributed by atoms with van der Waals surface area (Å²) in [5, 5.41) is 18.6. The van der Waals surface area contributed by atoms with Crippen molar-refractivity contribution >= 4 is 11.9 Å². The lowest BCUT2D eigenvalue weighted by atomic mass is 10.0. The number of ether oxygens (including phenoxy) is 4. The number of carbonyl (C=O) groups is 2. The number of aliphatic carboxylic acids is 2. The molecule has 0 saturated carbocycles. The second-order valence-corrected chi connectivity index (χ2v) is 12.3. The summed E-state index contributed by atoms with van der Waals surface area (Å²) in [6.07, 6.45) is 2.73. The van der Waals surface area contributed by atoms with Crippen molar-refractivity contribution in [3.05, 3.63) is 143 Å². The van der Waals surface area contributed by atoms with E-state index in [2.05, 4.69) is 47.9 Å². The van der Waals surface area contributed by atoms with Crippen LogP contribution in [0.3, 0.4) is 0 Å². The lowest BCUT2D eigenvalue weighted by Crippen LogP contribution is -2.26. The molecule has 0 aliphatic carbocycles. The van der Waals surface area contributed by atoms with E-state index in [1.165, 1.54) is 0 Å². The van der Waals surface area contributed by atoms with Crippen molar-refractivity contribution in [3.8, 4) is 46.3 Å². The van der Waals surface area contributed by atoms with Crippen LogP contribution in [0.5, 0.6) is 11.5 Å². The molecule has 0 saturated heterocycles. The van der Waals surface area contributed by atoms with Crippen LogP contribution in [0.4, 0.5) is 0 Å². The molecule has 8 nitrogen and oxygen atoms in total. The Labute approximate surface area is 318 Å². The van der Waals surface area contributed by atoms with Crippen molar-refractivity contribution < 1.29 is 38.7 Å². The number of rotatable bonds is 17. The maximum absolute atomic E-state index is 11.3. The molecule has 4 aromatic carbocycles. The molecule has 0 amide bonds. The van der Waals surface area contributed by atoms with Gasteiger partial charge in [-0.15, -0.1) is 0 Å². The Hall–Kier alpha value is -6.06. The van der Waals surface area contributed by atoms with Gasteiger partial charge in [-0.25, -0.2) is 9.59 Å². The van der Waals surface area contributed by atoms with E-state index < -0.39 is 24.1 Å². The van der Waals surface area contributed by atoms with Crippen LogP contribution in [0.15, 0.2) is 120 Å². The van der Waals surface area contributed by atoms with Crippen LogP contribution in [-0.4, -0.2) is 60.8 Å². The first kappa shape index (κ1) is 40.7. The molecule has 4 rings (SSSR count). The summed E-state index contributed by atoms with van der Waals surface area (Å²) < 4.78 is 22.2. The minimum absolute atomic E-state index is 0.300. The molecule has 0 aliphatic rings. The Balaban J connectivity index is 1.22. The monoisotopic (exact) mass is 726 g/mol. The van der Waals surface area contributed by atoms with Gasteiger partial charge in [-0.05, 0) is 122 Å². The van der Waals surface area contributed by atoms with Crippen molar-refractivity contribution in [2.75, 3.05) is 26.4 Å². The smallest absolute Gasteiger partial charge is 0.333 e. The third kappa shape index (κ3) is 13.8. The van der Waals surface area contributed by atoms with Crippen molar-refractivity contribution in [2.45, 2.75) is 52.7 Å². The van der Waals surface area contributed by atoms with Gasteiger partial charge in [0.05, 0.1) is 0 Å². The van der Waals surface area contributed by atoms with E-state index in [1.807, 2.05) is 98.8 Å². The molecule has 2 N–H and O–H groups in total. The van der Waals surface area contributed by atoms with E-state index in [0.29, 0.717) is 50.8 Å². The van der Waals surface area contributed by atoms with Gasteiger partial charge in [-0.1, -0.05) is 72.2 Å². The zero-order valence-corrected chi connectivity index (χ0v) is 31.1. The van der Waals surface area contributed by atoms with Gasteiger partial charge in [-0.3, -0.25) is 0 Å².